The maximum Gasteiger partial charge on any atom is 0.312 e. The normalized spacial score (nSPS) is 18.4. The van der Waals surface area contributed by atoms with Crippen LogP contribution in [0.2, 0.25) is 0 Å². The molecular formula is C32H41NO3. The van der Waals surface area contributed by atoms with Crippen molar-refractivity contribution in [3.05, 3.63) is 90.1 Å². The molecule has 1 heterocycles. The number of hydrogen-bond donors (Lipinski definition) is 1. The minimum absolute atomic E-state index is 0.220. The summed E-state index contributed by atoms with van der Waals surface area (Å²) >= 11 is 0. The first kappa shape index (κ1) is 28.9. The molecule has 1 aromatic rings. The van der Waals surface area contributed by atoms with Gasteiger partial charge in [-0.3, -0.25) is 4.79 Å². The van der Waals surface area contributed by atoms with E-state index in [9.17, 15) is 4.79 Å². The number of unbranched alkanes of at least 4 members (excludes halogenated alkanes) is 3. The highest BCUT2D eigenvalue weighted by atomic mass is 16.7. The maximum atomic E-state index is 11.9. The van der Waals surface area contributed by atoms with Gasteiger partial charge in [0.05, 0.1) is 13.0 Å². The van der Waals surface area contributed by atoms with Crippen molar-refractivity contribution in [1.82, 2.24) is 0 Å². The number of carbonyl (C=O) groups is 1. The molecule has 2 rings (SSSR count). The maximum absolute atomic E-state index is 11.9. The lowest BCUT2D eigenvalue weighted by molar-refractivity contribution is -0.210. The van der Waals surface area contributed by atoms with Crippen LogP contribution in [0, 0.1) is 11.8 Å². The number of ether oxygens (including phenoxy) is 2. The largest absolute Gasteiger partial charge is 0.433 e. The first-order valence-electron chi connectivity index (χ1n) is 12.9. The molecule has 0 saturated carbocycles. The lowest BCUT2D eigenvalue weighted by Gasteiger charge is -2.25. The van der Waals surface area contributed by atoms with Gasteiger partial charge in [-0.1, -0.05) is 87.1 Å². The van der Waals surface area contributed by atoms with E-state index in [0.717, 1.165) is 29.7 Å². The van der Waals surface area contributed by atoms with Gasteiger partial charge in [-0.05, 0) is 48.3 Å². The zero-order valence-corrected chi connectivity index (χ0v) is 22.1. The summed E-state index contributed by atoms with van der Waals surface area (Å²) in [5.41, 5.74) is 4.36. The summed E-state index contributed by atoms with van der Waals surface area (Å²) in [6.07, 6.45) is 21.1. The molecule has 0 saturated heterocycles. The summed E-state index contributed by atoms with van der Waals surface area (Å²) in [6, 6.07) is 8.11. The monoisotopic (exact) mass is 487 g/mol. The minimum atomic E-state index is -0.928. The van der Waals surface area contributed by atoms with Gasteiger partial charge in [0.2, 0.25) is 5.79 Å². The Balaban J connectivity index is 1.84. The molecule has 0 fully saturated rings. The number of nitrogens with one attached hydrogen (secondary N) is 1. The summed E-state index contributed by atoms with van der Waals surface area (Å²) in [4.78, 5) is 11.9. The van der Waals surface area contributed by atoms with Crippen LogP contribution < -0.4 is 5.32 Å². The van der Waals surface area contributed by atoms with E-state index in [0.29, 0.717) is 13.2 Å². The highest BCUT2D eigenvalue weighted by molar-refractivity contribution is 5.71. The van der Waals surface area contributed by atoms with Gasteiger partial charge in [0.25, 0.3) is 0 Å². The second kappa shape index (κ2) is 16.4. The van der Waals surface area contributed by atoms with E-state index < -0.39 is 5.79 Å². The highest BCUT2D eigenvalue weighted by Crippen LogP contribution is 2.16. The molecule has 4 heteroatoms. The number of allylic oxidation sites excluding steroid dienone is 5. The van der Waals surface area contributed by atoms with Gasteiger partial charge in [-0.25, -0.2) is 0 Å². The van der Waals surface area contributed by atoms with Crippen LogP contribution in [0.3, 0.4) is 0 Å². The van der Waals surface area contributed by atoms with Crippen LogP contribution in [0.25, 0.3) is 0 Å². The number of cyclic esters (lactones) is 1. The predicted molar refractivity (Wildman–Crippen MR) is 151 cm³/mol. The number of esters is 1. The van der Waals surface area contributed by atoms with E-state index in [1.807, 2.05) is 48.6 Å². The second-order valence-corrected chi connectivity index (χ2v) is 9.20. The topological polar surface area (TPSA) is 47.6 Å². The standard InChI is InChI=1S/C32H41NO3/c1-5-7-8-10-15-27(14-6-2)16-11-9-12-17-28-20-22-30(23-21-28)33-26-29-18-13-19-31(34)36-32(3,4)35-25-24-29/h6,11,13-14,16,18,20-24,33H,2,5,7-10,15,19,25-26H2,1,3-4H3/b16-11-,18-13-,27-14-,29-24+. The Morgan fingerprint density at radius 3 is 2.75 bits per heavy atom. The molecule has 0 amide bonds. The van der Waals surface area contributed by atoms with E-state index in [1.165, 1.54) is 31.3 Å². The lowest BCUT2D eigenvalue weighted by atomic mass is 10.1. The van der Waals surface area contributed by atoms with E-state index in [4.69, 9.17) is 9.47 Å². The molecule has 0 radical (unpaired) electrons. The highest BCUT2D eigenvalue weighted by Gasteiger charge is 2.22. The van der Waals surface area contributed by atoms with Crippen LogP contribution in [0.15, 0.2) is 84.5 Å². The fourth-order valence-electron chi connectivity index (χ4n) is 3.63. The van der Waals surface area contributed by atoms with Crippen molar-refractivity contribution in [2.24, 2.45) is 0 Å². The van der Waals surface area contributed by atoms with Gasteiger partial charge in [0, 0.05) is 38.1 Å². The molecule has 0 aromatic heterocycles. The number of benzene rings is 1. The summed E-state index contributed by atoms with van der Waals surface area (Å²) in [5.74, 6) is 5.24. The third-order valence-corrected chi connectivity index (χ3v) is 5.57. The molecule has 1 aliphatic heterocycles. The molecule has 1 aliphatic rings. The molecular weight excluding hydrogens is 446 g/mol. The smallest absolute Gasteiger partial charge is 0.312 e. The first-order chi connectivity index (χ1) is 17.4. The van der Waals surface area contributed by atoms with Gasteiger partial charge in [-0.2, -0.15) is 0 Å². The van der Waals surface area contributed by atoms with Crippen LogP contribution in [-0.2, 0) is 14.3 Å². The van der Waals surface area contributed by atoms with Gasteiger partial charge < -0.3 is 14.8 Å². The van der Waals surface area contributed by atoms with Gasteiger partial charge >= 0.3 is 5.97 Å². The number of carbonyl (C=O) groups excluding carboxylic acids is 1. The lowest BCUT2D eigenvalue weighted by Crippen LogP contribution is -2.31. The van der Waals surface area contributed by atoms with Crippen molar-refractivity contribution >= 4 is 11.7 Å². The summed E-state index contributed by atoms with van der Waals surface area (Å²) in [6.45, 7) is 10.5. The average molecular weight is 488 g/mol. The Morgan fingerprint density at radius 1 is 1.19 bits per heavy atom. The minimum Gasteiger partial charge on any atom is -0.433 e. The van der Waals surface area contributed by atoms with E-state index in [-0.39, 0.29) is 12.4 Å². The molecule has 0 atom stereocenters. The third kappa shape index (κ3) is 12.4. The average Bonchev–Trinajstić information content (AvgIpc) is 2.84. The predicted octanol–water partition coefficient (Wildman–Crippen LogP) is 7.66. The van der Waals surface area contributed by atoms with Crippen LogP contribution >= 0.6 is 0 Å². The van der Waals surface area contributed by atoms with Gasteiger partial charge in [-0.15, -0.1) is 0 Å². The molecule has 4 nitrogen and oxygen atoms in total. The molecule has 1 N–H and O–H groups in total. The van der Waals surface area contributed by atoms with Crippen LogP contribution in [0.4, 0.5) is 5.69 Å². The van der Waals surface area contributed by atoms with Gasteiger partial charge in [0.1, 0.15) is 0 Å². The molecule has 1 aromatic carbocycles. The Kier molecular flexibility index (Phi) is 13.2. The Bertz CT molecular complexity index is 1010. The van der Waals surface area contributed by atoms with Crippen molar-refractivity contribution in [2.75, 3.05) is 18.5 Å². The quantitative estimate of drug-likeness (QED) is 0.151. The summed E-state index contributed by atoms with van der Waals surface area (Å²) in [5, 5.41) is 3.42. The number of anilines is 1. The Hall–Kier alpha value is -3.29. The van der Waals surface area contributed by atoms with Gasteiger partial charge in [0.15, 0.2) is 0 Å². The molecule has 0 unspecified atom stereocenters. The summed E-state index contributed by atoms with van der Waals surface area (Å²) < 4.78 is 11.0. The van der Waals surface area contributed by atoms with Crippen molar-refractivity contribution < 1.29 is 14.3 Å². The molecule has 0 bridgehead atoms. The SMILES string of the molecule is C=C/C=C(\C=C/CC#Cc1ccc(NCC2=C/COC(C)(C)OC(=O)C/C=C\2)cc1)CCCCCC. The summed E-state index contributed by atoms with van der Waals surface area (Å²) in [7, 11) is 0. The van der Waals surface area contributed by atoms with Crippen LogP contribution in [-0.4, -0.2) is 24.9 Å². The second-order valence-electron chi connectivity index (χ2n) is 9.20. The van der Waals surface area contributed by atoms with Crippen molar-refractivity contribution in [1.29, 1.82) is 0 Å². The zero-order valence-electron chi connectivity index (χ0n) is 22.1. The van der Waals surface area contributed by atoms with Crippen molar-refractivity contribution in [2.45, 2.75) is 71.5 Å². The van der Waals surface area contributed by atoms with Crippen molar-refractivity contribution in [3.63, 3.8) is 0 Å². The molecule has 192 valence electrons. The fourth-order valence-corrected chi connectivity index (χ4v) is 3.63. The Labute approximate surface area is 217 Å². The first-order valence-corrected chi connectivity index (χ1v) is 12.9. The fraction of sp³-hybridized carbons (Fsp3) is 0.406. The molecule has 0 aliphatic carbocycles. The Morgan fingerprint density at radius 2 is 2.00 bits per heavy atom. The number of rotatable bonds is 11. The molecule has 36 heavy (non-hydrogen) atoms. The van der Waals surface area contributed by atoms with E-state index in [1.54, 1.807) is 13.8 Å². The zero-order chi connectivity index (χ0) is 26.1. The van der Waals surface area contributed by atoms with Crippen molar-refractivity contribution in [3.8, 4) is 11.8 Å². The van der Waals surface area contributed by atoms with Crippen LogP contribution in [0.1, 0.15) is 71.3 Å². The number of hydrogen-bond acceptors (Lipinski definition) is 4. The third-order valence-electron chi connectivity index (χ3n) is 5.57. The molecule has 0 spiro atoms. The van der Waals surface area contributed by atoms with Crippen LogP contribution in [0.5, 0.6) is 0 Å². The van der Waals surface area contributed by atoms with E-state index >= 15 is 0 Å². The van der Waals surface area contributed by atoms with E-state index in [2.05, 4.69) is 48.9 Å².